The Morgan fingerprint density at radius 2 is 2.08 bits per heavy atom. The third-order valence-electron chi connectivity index (χ3n) is 8.67. The molecule has 6 atom stereocenters. The number of rotatable bonds is 1. The van der Waals surface area contributed by atoms with Gasteiger partial charge in [0, 0.05) is 5.41 Å². The standard InChI is InChI=1S/C23H34O/c1-5-22-15-21(3,4)20-17-10-8-7-9-16(17)11-12-18(20)19(22)13-14-23(22,24)6-2/h2,9,17-20,24H,5,7-8,10-15H2,1,3-4H3/t17?,18?,19?,20?,22-,23-/m0/s1. The molecule has 0 spiro atoms. The summed E-state index contributed by atoms with van der Waals surface area (Å²) in [6.45, 7) is 7.22. The molecule has 0 amide bonds. The van der Waals surface area contributed by atoms with Crippen molar-refractivity contribution in [1.82, 2.24) is 0 Å². The number of hydrogen-bond acceptors (Lipinski definition) is 1. The minimum absolute atomic E-state index is 0.0533. The first-order valence-corrected chi connectivity index (χ1v) is 10.3. The lowest BCUT2D eigenvalue weighted by molar-refractivity contribution is -0.150. The molecule has 3 saturated carbocycles. The maximum atomic E-state index is 11.4. The normalized spacial score (nSPS) is 49.4. The second kappa shape index (κ2) is 5.38. The van der Waals surface area contributed by atoms with Gasteiger partial charge in [-0.3, -0.25) is 0 Å². The molecule has 0 aromatic carbocycles. The predicted octanol–water partition coefficient (Wildman–Crippen LogP) is 5.34. The third-order valence-corrected chi connectivity index (χ3v) is 8.67. The van der Waals surface area contributed by atoms with E-state index in [2.05, 4.69) is 32.8 Å². The number of hydrogen-bond donors (Lipinski definition) is 1. The van der Waals surface area contributed by atoms with Crippen molar-refractivity contribution in [3.63, 3.8) is 0 Å². The lowest BCUT2D eigenvalue weighted by atomic mass is 9.42. The summed E-state index contributed by atoms with van der Waals surface area (Å²) in [4.78, 5) is 0. The number of terminal acetylenes is 1. The largest absolute Gasteiger partial charge is 0.377 e. The van der Waals surface area contributed by atoms with E-state index in [4.69, 9.17) is 6.42 Å². The average molecular weight is 327 g/mol. The van der Waals surface area contributed by atoms with Crippen molar-refractivity contribution in [2.45, 2.75) is 84.2 Å². The van der Waals surface area contributed by atoms with E-state index in [0.29, 0.717) is 5.92 Å². The van der Waals surface area contributed by atoms with Gasteiger partial charge < -0.3 is 5.11 Å². The van der Waals surface area contributed by atoms with Crippen molar-refractivity contribution in [1.29, 1.82) is 0 Å². The van der Waals surface area contributed by atoms with Crippen LogP contribution >= 0.6 is 0 Å². The molecule has 24 heavy (non-hydrogen) atoms. The van der Waals surface area contributed by atoms with Crippen LogP contribution in [0.5, 0.6) is 0 Å². The molecule has 1 N–H and O–H groups in total. The van der Waals surface area contributed by atoms with Crippen LogP contribution in [0, 0.1) is 46.8 Å². The summed E-state index contributed by atoms with van der Waals surface area (Å²) in [5.41, 5.74) is 1.11. The lowest BCUT2D eigenvalue weighted by Crippen LogP contribution is -2.59. The quantitative estimate of drug-likeness (QED) is 0.509. The van der Waals surface area contributed by atoms with Gasteiger partial charge in [0.1, 0.15) is 5.60 Å². The minimum atomic E-state index is -0.878. The highest BCUT2D eigenvalue weighted by atomic mass is 16.3. The molecule has 0 aromatic heterocycles. The van der Waals surface area contributed by atoms with Crippen molar-refractivity contribution in [2.24, 2.45) is 34.5 Å². The molecule has 1 heteroatoms. The molecule has 3 fully saturated rings. The lowest BCUT2D eigenvalue weighted by Gasteiger charge is -2.62. The molecule has 4 rings (SSSR count). The highest BCUT2D eigenvalue weighted by Gasteiger charge is 2.67. The van der Waals surface area contributed by atoms with Gasteiger partial charge in [0.2, 0.25) is 0 Å². The van der Waals surface area contributed by atoms with Crippen LogP contribution in [0.1, 0.15) is 78.6 Å². The van der Waals surface area contributed by atoms with Gasteiger partial charge in [-0.2, -0.15) is 0 Å². The van der Waals surface area contributed by atoms with Crippen molar-refractivity contribution in [2.75, 3.05) is 0 Å². The Balaban J connectivity index is 1.79. The molecular weight excluding hydrogens is 292 g/mol. The van der Waals surface area contributed by atoms with E-state index in [-0.39, 0.29) is 10.8 Å². The van der Waals surface area contributed by atoms with E-state index in [1.54, 1.807) is 5.57 Å². The topological polar surface area (TPSA) is 20.2 Å². The van der Waals surface area contributed by atoms with Gasteiger partial charge in [-0.05, 0) is 86.9 Å². The fraction of sp³-hybridized carbons (Fsp3) is 0.826. The minimum Gasteiger partial charge on any atom is -0.377 e. The van der Waals surface area contributed by atoms with Crippen molar-refractivity contribution in [3.05, 3.63) is 11.6 Å². The molecule has 0 saturated heterocycles. The fourth-order valence-corrected chi connectivity index (χ4v) is 7.97. The molecule has 1 nitrogen and oxygen atoms in total. The van der Waals surface area contributed by atoms with E-state index in [1.807, 2.05) is 0 Å². The van der Waals surface area contributed by atoms with Gasteiger partial charge in [-0.25, -0.2) is 0 Å². The van der Waals surface area contributed by atoms with Crippen LogP contribution in [-0.4, -0.2) is 10.7 Å². The fourth-order valence-electron chi connectivity index (χ4n) is 7.97. The molecular formula is C23H34O. The van der Waals surface area contributed by atoms with Crippen LogP contribution in [-0.2, 0) is 0 Å². The first-order valence-electron chi connectivity index (χ1n) is 10.3. The maximum Gasteiger partial charge on any atom is 0.131 e. The molecule has 4 aliphatic rings. The third kappa shape index (κ3) is 1.99. The zero-order valence-corrected chi connectivity index (χ0v) is 15.8. The van der Waals surface area contributed by atoms with Crippen molar-refractivity contribution < 1.29 is 5.11 Å². The van der Waals surface area contributed by atoms with E-state index in [9.17, 15) is 5.11 Å². The highest BCUT2D eigenvalue weighted by molar-refractivity contribution is 5.28. The first kappa shape index (κ1) is 16.7. The summed E-state index contributed by atoms with van der Waals surface area (Å²) in [5.74, 6) is 5.86. The first-order chi connectivity index (χ1) is 11.4. The van der Waals surface area contributed by atoms with Gasteiger partial charge in [-0.1, -0.05) is 38.3 Å². The Morgan fingerprint density at radius 3 is 2.79 bits per heavy atom. The van der Waals surface area contributed by atoms with Crippen molar-refractivity contribution in [3.8, 4) is 12.3 Å². The molecule has 132 valence electrons. The summed E-state index contributed by atoms with van der Waals surface area (Å²) in [7, 11) is 0. The number of fused-ring (bicyclic) bond motifs is 5. The Kier molecular flexibility index (Phi) is 3.74. The molecule has 4 aliphatic carbocycles. The summed E-state index contributed by atoms with van der Waals surface area (Å²) in [5, 5.41) is 11.4. The van der Waals surface area contributed by atoms with E-state index < -0.39 is 5.60 Å². The molecule has 4 unspecified atom stereocenters. The van der Waals surface area contributed by atoms with Gasteiger partial charge >= 0.3 is 0 Å². The van der Waals surface area contributed by atoms with Gasteiger partial charge in [-0.15, -0.1) is 6.42 Å². The number of allylic oxidation sites excluding steroid dienone is 2. The molecule has 0 radical (unpaired) electrons. The SMILES string of the molecule is C#C[C@]1(O)CCC2C3CCC4=CCCCC4C3C(C)(C)C[C@@]21CC. The Labute approximate surface area is 148 Å². The zero-order valence-electron chi connectivity index (χ0n) is 15.8. The monoisotopic (exact) mass is 326 g/mol. The molecule has 0 aromatic rings. The van der Waals surface area contributed by atoms with Crippen LogP contribution in [0.25, 0.3) is 0 Å². The van der Waals surface area contributed by atoms with E-state index in [1.165, 1.54) is 32.1 Å². The Hall–Kier alpha value is -0.740. The van der Waals surface area contributed by atoms with Crippen LogP contribution < -0.4 is 0 Å². The summed E-state index contributed by atoms with van der Waals surface area (Å²) in [6.07, 6.45) is 19.2. The zero-order chi connectivity index (χ0) is 17.2. The summed E-state index contributed by atoms with van der Waals surface area (Å²) >= 11 is 0. The van der Waals surface area contributed by atoms with Gasteiger partial charge in [0.25, 0.3) is 0 Å². The van der Waals surface area contributed by atoms with Crippen LogP contribution in [0.2, 0.25) is 0 Å². The molecule has 0 heterocycles. The number of aliphatic hydroxyl groups is 1. The maximum absolute atomic E-state index is 11.4. The van der Waals surface area contributed by atoms with Gasteiger partial charge in [0.05, 0.1) is 0 Å². The Morgan fingerprint density at radius 1 is 1.29 bits per heavy atom. The highest BCUT2D eigenvalue weighted by Crippen LogP contribution is 2.70. The van der Waals surface area contributed by atoms with Crippen LogP contribution in [0.15, 0.2) is 11.6 Å². The van der Waals surface area contributed by atoms with Crippen LogP contribution in [0.4, 0.5) is 0 Å². The second-order valence-corrected chi connectivity index (χ2v) is 9.87. The van der Waals surface area contributed by atoms with E-state index in [0.717, 1.165) is 43.4 Å². The van der Waals surface area contributed by atoms with Crippen LogP contribution in [0.3, 0.4) is 0 Å². The van der Waals surface area contributed by atoms with Crippen molar-refractivity contribution >= 4 is 0 Å². The van der Waals surface area contributed by atoms with Gasteiger partial charge in [0.15, 0.2) is 0 Å². The Bertz CT molecular complexity index is 594. The second-order valence-electron chi connectivity index (χ2n) is 9.87. The predicted molar refractivity (Wildman–Crippen MR) is 99.3 cm³/mol. The molecule has 0 aliphatic heterocycles. The average Bonchev–Trinajstić information content (AvgIpc) is 2.87. The smallest absolute Gasteiger partial charge is 0.131 e. The summed E-state index contributed by atoms with van der Waals surface area (Å²) < 4.78 is 0. The summed E-state index contributed by atoms with van der Waals surface area (Å²) in [6, 6.07) is 0. The molecule has 0 bridgehead atoms. The van der Waals surface area contributed by atoms with E-state index >= 15 is 0 Å².